The zero-order valence-corrected chi connectivity index (χ0v) is 15.2. The van der Waals surface area contributed by atoms with Crippen LogP contribution in [0, 0.1) is 23.2 Å². The van der Waals surface area contributed by atoms with Gasteiger partial charge < -0.3 is 5.32 Å². The van der Waals surface area contributed by atoms with Crippen molar-refractivity contribution in [2.24, 2.45) is 23.2 Å². The fraction of sp³-hybridized carbons (Fsp3) is 0.524. The van der Waals surface area contributed by atoms with Crippen molar-refractivity contribution in [1.29, 1.82) is 0 Å². The van der Waals surface area contributed by atoms with Crippen molar-refractivity contribution in [1.82, 2.24) is 5.32 Å². The van der Waals surface area contributed by atoms with E-state index in [4.69, 9.17) is 0 Å². The first-order chi connectivity index (χ1) is 11.1. The quantitative estimate of drug-likeness (QED) is 0.774. The van der Waals surface area contributed by atoms with Crippen molar-refractivity contribution in [3.05, 3.63) is 46.7 Å². The fourth-order valence-corrected chi connectivity index (χ4v) is 5.75. The van der Waals surface area contributed by atoms with Gasteiger partial charge in [0.25, 0.3) is 0 Å². The van der Waals surface area contributed by atoms with E-state index < -0.39 is 0 Å². The first-order valence-corrected chi connectivity index (χ1v) is 9.80. The largest absolute Gasteiger partial charge is 0.309 e. The summed E-state index contributed by atoms with van der Waals surface area (Å²) in [6, 6.07) is 13.7. The predicted octanol–water partition coefficient (Wildman–Crippen LogP) is 5.58. The topological polar surface area (TPSA) is 12.0 Å². The second-order valence-corrected chi connectivity index (χ2v) is 9.11. The molecule has 3 aliphatic carbocycles. The van der Waals surface area contributed by atoms with Crippen LogP contribution < -0.4 is 5.32 Å². The molecular weight excluding hydrogens is 298 g/mol. The number of benzene rings is 1. The minimum Gasteiger partial charge on any atom is -0.309 e. The van der Waals surface area contributed by atoms with E-state index in [1.807, 2.05) is 11.3 Å². The second kappa shape index (κ2) is 5.75. The van der Waals surface area contributed by atoms with Gasteiger partial charge in [0.1, 0.15) is 0 Å². The van der Waals surface area contributed by atoms with E-state index in [1.54, 1.807) is 0 Å². The molecule has 2 bridgehead atoms. The smallest absolute Gasteiger partial charge is 0.0302 e. The van der Waals surface area contributed by atoms with E-state index in [9.17, 15) is 0 Å². The first-order valence-electron chi connectivity index (χ1n) is 8.92. The molecular formula is C21H27NS. The summed E-state index contributed by atoms with van der Waals surface area (Å²) in [6.45, 7) is 8.43. The Kier molecular flexibility index (Phi) is 3.85. The lowest BCUT2D eigenvalue weighted by Gasteiger charge is -2.62. The molecule has 4 atom stereocenters. The van der Waals surface area contributed by atoms with Crippen molar-refractivity contribution >= 4 is 11.3 Å². The summed E-state index contributed by atoms with van der Waals surface area (Å²) in [6.07, 6.45) is 2.82. The van der Waals surface area contributed by atoms with Gasteiger partial charge in [0.15, 0.2) is 0 Å². The van der Waals surface area contributed by atoms with Crippen LogP contribution in [0.25, 0.3) is 11.1 Å². The van der Waals surface area contributed by atoms with Crippen molar-refractivity contribution < 1.29 is 0 Å². The predicted molar refractivity (Wildman–Crippen MR) is 99.5 cm³/mol. The minimum absolute atomic E-state index is 0.584. The maximum Gasteiger partial charge on any atom is 0.0302 e. The van der Waals surface area contributed by atoms with Gasteiger partial charge in [0.05, 0.1) is 0 Å². The summed E-state index contributed by atoms with van der Waals surface area (Å²) < 4.78 is 0. The molecule has 3 saturated carbocycles. The van der Waals surface area contributed by atoms with Crippen LogP contribution in [0.5, 0.6) is 0 Å². The Morgan fingerprint density at radius 2 is 1.91 bits per heavy atom. The molecule has 0 saturated heterocycles. The van der Waals surface area contributed by atoms with Gasteiger partial charge in [-0.25, -0.2) is 0 Å². The van der Waals surface area contributed by atoms with Crippen molar-refractivity contribution in [2.45, 2.75) is 46.2 Å². The fourth-order valence-electron chi connectivity index (χ4n) is 4.91. The van der Waals surface area contributed by atoms with E-state index in [2.05, 4.69) is 67.9 Å². The molecule has 0 aliphatic heterocycles. The molecule has 1 aromatic carbocycles. The Labute approximate surface area is 144 Å². The molecule has 122 valence electrons. The van der Waals surface area contributed by atoms with Gasteiger partial charge in [-0.05, 0) is 58.6 Å². The Balaban J connectivity index is 1.38. The monoisotopic (exact) mass is 325 g/mol. The van der Waals surface area contributed by atoms with Crippen LogP contribution >= 0.6 is 11.3 Å². The van der Waals surface area contributed by atoms with Crippen molar-refractivity contribution in [3.8, 4) is 11.1 Å². The molecule has 2 aromatic rings. The van der Waals surface area contributed by atoms with E-state index in [1.165, 1.54) is 28.8 Å². The van der Waals surface area contributed by atoms with Crippen LogP contribution in [-0.2, 0) is 6.54 Å². The van der Waals surface area contributed by atoms with Crippen molar-refractivity contribution in [2.75, 3.05) is 0 Å². The molecule has 4 unspecified atom stereocenters. The molecule has 3 fully saturated rings. The van der Waals surface area contributed by atoms with E-state index in [-0.39, 0.29) is 0 Å². The van der Waals surface area contributed by atoms with Gasteiger partial charge in [-0.3, -0.25) is 0 Å². The number of rotatable bonds is 4. The Bertz CT molecular complexity index is 672. The summed E-state index contributed by atoms with van der Waals surface area (Å²) in [5, 5.41) is 6.15. The number of hydrogen-bond acceptors (Lipinski definition) is 2. The Morgan fingerprint density at radius 1 is 1.13 bits per heavy atom. The minimum atomic E-state index is 0.584. The highest BCUT2D eigenvalue weighted by atomic mass is 32.1. The molecule has 23 heavy (non-hydrogen) atoms. The van der Waals surface area contributed by atoms with Crippen LogP contribution in [0.15, 0.2) is 41.8 Å². The number of nitrogens with one attached hydrogen (secondary N) is 1. The van der Waals surface area contributed by atoms with Gasteiger partial charge in [0.2, 0.25) is 0 Å². The number of thiophene rings is 1. The van der Waals surface area contributed by atoms with Gasteiger partial charge in [-0.15, -0.1) is 11.3 Å². The normalized spacial score (nSPS) is 31.6. The van der Waals surface area contributed by atoms with Gasteiger partial charge in [0, 0.05) is 17.5 Å². The van der Waals surface area contributed by atoms with Crippen LogP contribution in [-0.4, -0.2) is 6.04 Å². The lowest BCUT2D eigenvalue weighted by molar-refractivity contribution is -0.115. The highest BCUT2D eigenvalue weighted by molar-refractivity contribution is 7.10. The summed E-state index contributed by atoms with van der Waals surface area (Å²) >= 11 is 1.88. The van der Waals surface area contributed by atoms with Crippen LogP contribution in [0.2, 0.25) is 0 Å². The maximum atomic E-state index is 3.86. The molecule has 1 heterocycles. The standard InChI is InChI=1S/C21H27NS/c1-14-19-10-17(21(19,2)3)11-20(14)22-12-18-9-16(13-23-18)15-7-5-4-6-8-15/h4-9,13-14,17,19-20,22H,10-12H2,1-3H3. The number of hydrogen-bond donors (Lipinski definition) is 1. The van der Waals surface area contributed by atoms with Crippen LogP contribution in [0.4, 0.5) is 0 Å². The molecule has 0 amide bonds. The zero-order chi connectivity index (χ0) is 16.0. The second-order valence-electron chi connectivity index (χ2n) is 8.11. The lowest BCUT2D eigenvalue weighted by atomic mass is 9.45. The highest BCUT2D eigenvalue weighted by Gasteiger charge is 2.55. The van der Waals surface area contributed by atoms with Gasteiger partial charge >= 0.3 is 0 Å². The van der Waals surface area contributed by atoms with Crippen LogP contribution in [0.1, 0.15) is 38.5 Å². The number of fused-ring (bicyclic) bond motifs is 2. The molecule has 2 heteroatoms. The third kappa shape index (κ3) is 2.66. The van der Waals surface area contributed by atoms with E-state index >= 15 is 0 Å². The molecule has 3 aliphatic rings. The van der Waals surface area contributed by atoms with Gasteiger partial charge in [-0.2, -0.15) is 0 Å². The average Bonchev–Trinajstić information content (AvgIpc) is 3.03. The van der Waals surface area contributed by atoms with Gasteiger partial charge in [-0.1, -0.05) is 51.1 Å². The Morgan fingerprint density at radius 3 is 2.61 bits per heavy atom. The Hall–Kier alpha value is -1.12. The maximum absolute atomic E-state index is 3.86. The molecule has 0 spiro atoms. The SMILES string of the molecule is CC1C(NCc2cc(-c3ccccc3)cs2)CC2CC1C2(C)C. The van der Waals surface area contributed by atoms with Crippen molar-refractivity contribution in [3.63, 3.8) is 0 Å². The zero-order valence-electron chi connectivity index (χ0n) is 14.4. The summed E-state index contributed by atoms with van der Waals surface area (Å²) in [5.74, 6) is 2.66. The first kappa shape index (κ1) is 15.4. The summed E-state index contributed by atoms with van der Waals surface area (Å²) in [4.78, 5) is 1.45. The summed E-state index contributed by atoms with van der Waals surface area (Å²) in [5.41, 5.74) is 3.26. The summed E-state index contributed by atoms with van der Waals surface area (Å²) in [7, 11) is 0. The molecule has 1 aromatic heterocycles. The lowest BCUT2D eigenvalue weighted by Crippen LogP contribution is -2.59. The third-order valence-electron chi connectivity index (χ3n) is 6.65. The molecule has 1 nitrogen and oxygen atoms in total. The van der Waals surface area contributed by atoms with E-state index in [0.29, 0.717) is 11.5 Å². The highest BCUT2D eigenvalue weighted by Crippen LogP contribution is 2.61. The third-order valence-corrected chi connectivity index (χ3v) is 7.59. The molecule has 0 radical (unpaired) electrons. The van der Waals surface area contributed by atoms with Crippen LogP contribution in [0.3, 0.4) is 0 Å². The van der Waals surface area contributed by atoms with E-state index in [0.717, 1.165) is 24.3 Å². The molecule has 1 N–H and O–H groups in total. The molecule has 5 rings (SSSR count). The average molecular weight is 326 g/mol.